The molecule has 0 unspecified atom stereocenters. The maximum absolute atomic E-state index is 12.6. The van der Waals surface area contributed by atoms with E-state index in [9.17, 15) is 4.79 Å². The zero-order valence-corrected chi connectivity index (χ0v) is 14.3. The molecule has 2 aromatic rings. The number of amides is 1. The summed E-state index contributed by atoms with van der Waals surface area (Å²) in [5.41, 5.74) is 4.38. The van der Waals surface area contributed by atoms with Crippen LogP contribution in [0.5, 0.6) is 0 Å². The van der Waals surface area contributed by atoms with Crippen LogP contribution >= 0.6 is 23.2 Å². The van der Waals surface area contributed by atoms with Gasteiger partial charge in [-0.15, -0.1) is 0 Å². The number of carbonyl (C=O) groups is 1. The molecule has 1 heterocycles. The SMILES string of the molecule is [NH3+][C@@H]1[NH+]=C(c2ccccc2)N[C@@]1(NC(=O)c1ccccc1)C(Cl)Cl. The van der Waals surface area contributed by atoms with E-state index in [0.717, 1.165) is 11.4 Å². The number of carbonyl (C=O) groups excluding carboxylic acids is 1. The number of rotatable bonds is 4. The number of hydrogen-bond donors (Lipinski definition) is 4. The van der Waals surface area contributed by atoms with E-state index in [1.807, 2.05) is 36.4 Å². The molecule has 124 valence electrons. The van der Waals surface area contributed by atoms with Gasteiger partial charge in [0.25, 0.3) is 17.9 Å². The Labute approximate surface area is 149 Å². The first kappa shape index (κ1) is 16.8. The van der Waals surface area contributed by atoms with Crippen molar-refractivity contribution in [2.75, 3.05) is 0 Å². The van der Waals surface area contributed by atoms with E-state index in [4.69, 9.17) is 23.2 Å². The summed E-state index contributed by atoms with van der Waals surface area (Å²) in [7, 11) is 0. The van der Waals surface area contributed by atoms with Crippen LogP contribution in [0, 0.1) is 0 Å². The molecular weight excluding hydrogens is 347 g/mol. The summed E-state index contributed by atoms with van der Waals surface area (Å²) < 4.78 is 0. The average molecular weight is 365 g/mol. The van der Waals surface area contributed by atoms with Gasteiger partial charge in [-0.3, -0.25) is 4.79 Å². The molecule has 6 N–H and O–H groups in total. The van der Waals surface area contributed by atoms with E-state index >= 15 is 0 Å². The Balaban J connectivity index is 1.87. The Bertz CT molecular complexity index is 752. The molecule has 0 fully saturated rings. The van der Waals surface area contributed by atoms with Gasteiger partial charge in [0.05, 0.1) is 5.56 Å². The highest BCUT2D eigenvalue weighted by Crippen LogP contribution is 2.21. The minimum atomic E-state index is -1.12. The van der Waals surface area contributed by atoms with Crippen LogP contribution in [0.1, 0.15) is 15.9 Å². The fraction of sp³-hybridized carbons (Fsp3) is 0.176. The minimum Gasteiger partial charge on any atom is -0.314 e. The third-order valence-corrected chi connectivity index (χ3v) is 4.65. The van der Waals surface area contributed by atoms with E-state index in [1.165, 1.54) is 0 Å². The van der Waals surface area contributed by atoms with Gasteiger partial charge in [0.1, 0.15) is 0 Å². The summed E-state index contributed by atoms with van der Waals surface area (Å²) in [4.78, 5) is 14.9. The monoisotopic (exact) mass is 364 g/mol. The largest absolute Gasteiger partial charge is 0.314 e. The molecular formula is C17H18Cl2N4O+2. The number of hydrogen-bond acceptors (Lipinski definition) is 2. The van der Waals surface area contributed by atoms with Crippen LogP contribution < -0.4 is 21.4 Å². The molecule has 1 aliphatic rings. The summed E-state index contributed by atoms with van der Waals surface area (Å²) in [5, 5.41) is 6.12. The lowest BCUT2D eigenvalue weighted by atomic mass is 10.1. The van der Waals surface area contributed by atoms with Gasteiger partial charge in [0.2, 0.25) is 0 Å². The Hall–Kier alpha value is -2.08. The van der Waals surface area contributed by atoms with Crippen LogP contribution in [-0.4, -0.2) is 28.4 Å². The van der Waals surface area contributed by atoms with E-state index < -0.39 is 16.7 Å². The van der Waals surface area contributed by atoms with Crippen molar-refractivity contribution >= 4 is 34.9 Å². The second-order valence-corrected chi connectivity index (χ2v) is 6.65. The normalized spacial score (nSPS) is 22.8. The topological polar surface area (TPSA) is 82.7 Å². The molecule has 3 rings (SSSR count). The lowest BCUT2D eigenvalue weighted by molar-refractivity contribution is -0.702. The molecule has 2 aromatic carbocycles. The average Bonchev–Trinajstić information content (AvgIpc) is 2.94. The van der Waals surface area contributed by atoms with Gasteiger partial charge in [-0.2, -0.15) is 0 Å². The van der Waals surface area contributed by atoms with Crippen LogP contribution in [-0.2, 0) is 0 Å². The predicted octanol–water partition coefficient (Wildman–Crippen LogP) is -0.385. The first-order chi connectivity index (χ1) is 11.5. The van der Waals surface area contributed by atoms with Gasteiger partial charge in [-0.1, -0.05) is 59.6 Å². The molecule has 0 radical (unpaired) electrons. The molecule has 0 saturated heterocycles. The fourth-order valence-corrected chi connectivity index (χ4v) is 3.13. The molecule has 5 nitrogen and oxygen atoms in total. The third-order valence-electron chi connectivity index (χ3n) is 3.96. The van der Waals surface area contributed by atoms with Crippen molar-refractivity contribution in [2.45, 2.75) is 16.7 Å². The fourth-order valence-electron chi connectivity index (χ4n) is 2.61. The van der Waals surface area contributed by atoms with Crippen LogP contribution in [0.4, 0.5) is 0 Å². The second-order valence-electron chi connectivity index (χ2n) is 5.55. The lowest BCUT2D eigenvalue weighted by Gasteiger charge is -2.27. The van der Waals surface area contributed by atoms with E-state index in [2.05, 4.69) is 21.4 Å². The number of amidine groups is 1. The summed E-state index contributed by atoms with van der Waals surface area (Å²) in [6.07, 6.45) is -0.458. The molecule has 24 heavy (non-hydrogen) atoms. The molecule has 1 aliphatic heterocycles. The van der Waals surface area contributed by atoms with Crippen molar-refractivity contribution in [3.05, 3.63) is 71.8 Å². The van der Waals surface area contributed by atoms with Crippen LogP contribution in [0.15, 0.2) is 60.7 Å². The Kier molecular flexibility index (Phi) is 4.76. The van der Waals surface area contributed by atoms with Crippen LogP contribution in [0.2, 0.25) is 0 Å². The summed E-state index contributed by atoms with van der Waals surface area (Å²) >= 11 is 12.4. The summed E-state index contributed by atoms with van der Waals surface area (Å²) in [5.74, 6) is 0.439. The van der Waals surface area contributed by atoms with E-state index in [-0.39, 0.29) is 5.91 Å². The maximum atomic E-state index is 12.6. The first-order valence-corrected chi connectivity index (χ1v) is 8.36. The third kappa shape index (κ3) is 3.11. The van der Waals surface area contributed by atoms with Gasteiger partial charge >= 0.3 is 5.66 Å². The first-order valence-electron chi connectivity index (χ1n) is 7.49. The highest BCUT2D eigenvalue weighted by molar-refractivity contribution is 6.45. The van der Waals surface area contributed by atoms with Gasteiger partial charge in [0, 0.05) is 5.56 Å². The number of alkyl halides is 2. The molecule has 1 amide bonds. The van der Waals surface area contributed by atoms with E-state index in [0.29, 0.717) is 5.56 Å². The van der Waals surface area contributed by atoms with Crippen LogP contribution in [0.3, 0.4) is 0 Å². The Morgan fingerprint density at radius 1 is 1.12 bits per heavy atom. The number of benzene rings is 2. The summed E-state index contributed by atoms with van der Waals surface area (Å²) in [6, 6.07) is 18.5. The van der Waals surface area contributed by atoms with Crippen molar-refractivity contribution in [3.63, 3.8) is 0 Å². The summed E-state index contributed by atoms with van der Waals surface area (Å²) in [6.45, 7) is 0. The molecule has 0 spiro atoms. The van der Waals surface area contributed by atoms with Gasteiger partial charge in [-0.25, -0.2) is 10.3 Å². The van der Waals surface area contributed by atoms with E-state index in [1.54, 1.807) is 24.3 Å². The highest BCUT2D eigenvalue weighted by Gasteiger charge is 2.58. The predicted molar refractivity (Wildman–Crippen MR) is 93.5 cm³/mol. The second kappa shape index (κ2) is 6.81. The standard InChI is InChI=1S/C17H16Cl2N4O/c18-15(19)17(23-14(24)12-9-5-2-6-10-12)16(20)21-13(22-17)11-7-3-1-4-8-11/h1-10,15-16H,20H2,(H,21,22)(H,23,24)/p+2/t16-,17-/m1/s1. The van der Waals surface area contributed by atoms with Gasteiger partial charge in [0.15, 0.2) is 4.84 Å². The van der Waals surface area contributed by atoms with Gasteiger partial charge < -0.3 is 11.1 Å². The van der Waals surface area contributed by atoms with Gasteiger partial charge in [-0.05, 0) is 24.3 Å². The lowest BCUT2D eigenvalue weighted by Crippen LogP contribution is -2.98. The van der Waals surface area contributed by atoms with Crippen molar-refractivity contribution in [1.29, 1.82) is 0 Å². The number of quaternary nitrogens is 1. The van der Waals surface area contributed by atoms with Crippen LogP contribution in [0.25, 0.3) is 0 Å². The molecule has 7 heteroatoms. The van der Waals surface area contributed by atoms with Crippen molar-refractivity contribution in [2.24, 2.45) is 0 Å². The van der Waals surface area contributed by atoms with Crippen molar-refractivity contribution in [3.8, 4) is 0 Å². The molecule has 0 aromatic heterocycles. The molecule has 0 bridgehead atoms. The molecule has 0 saturated carbocycles. The Morgan fingerprint density at radius 2 is 1.71 bits per heavy atom. The zero-order valence-electron chi connectivity index (χ0n) is 12.8. The quantitative estimate of drug-likeness (QED) is 0.557. The highest BCUT2D eigenvalue weighted by atomic mass is 35.5. The van der Waals surface area contributed by atoms with Crippen molar-refractivity contribution < 1.29 is 15.5 Å². The van der Waals surface area contributed by atoms with Crippen molar-refractivity contribution in [1.82, 2.24) is 10.6 Å². The smallest absolute Gasteiger partial charge is 0.303 e. The molecule has 0 aliphatic carbocycles. The molecule has 2 atom stereocenters. The zero-order chi connectivity index (χ0) is 17.2. The number of halogens is 2. The maximum Gasteiger partial charge on any atom is 0.303 e. The minimum absolute atomic E-state index is 0.279. The number of nitrogens with one attached hydrogen (secondary N) is 3. The Morgan fingerprint density at radius 3 is 2.29 bits per heavy atom.